The molecule has 31 heavy (non-hydrogen) atoms. The molecular weight excluding hydrogens is 434 g/mol. The fourth-order valence-electron chi connectivity index (χ4n) is 3.74. The van der Waals surface area contributed by atoms with Crippen LogP contribution in [0.1, 0.15) is 26.9 Å². The lowest BCUT2D eigenvalue weighted by Gasteiger charge is -2.26. The van der Waals surface area contributed by atoms with Crippen LogP contribution < -0.4 is 5.32 Å². The summed E-state index contributed by atoms with van der Waals surface area (Å²) in [5, 5.41) is 3.61. The first-order valence-electron chi connectivity index (χ1n) is 10.4. The molecule has 4 rings (SSSR count). The maximum absolute atomic E-state index is 12.5. The van der Waals surface area contributed by atoms with Crippen LogP contribution >= 0.6 is 23.4 Å². The van der Waals surface area contributed by atoms with Crippen LogP contribution in [0.5, 0.6) is 0 Å². The molecule has 6 nitrogen and oxygen atoms in total. The highest BCUT2D eigenvalue weighted by atomic mass is 35.5. The average molecular weight is 460 g/mol. The monoisotopic (exact) mass is 459 g/mol. The van der Waals surface area contributed by atoms with Crippen molar-refractivity contribution in [2.24, 2.45) is 0 Å². The highest BCUT2D eigenvalue weighted by Gasteiger charge is 2.32. The number of nitrogens with one attached hydrogen (secondary N) is 1. The zero-order chi connectivity index (χ0) is 21.6. The van der Waals surface area contributed by atoms with Crippen molar-refractivity contribution in [3.05, 3.63) is 70.2 Å². The zero-order valence-electron chi connectivity index (χ0n) is 17.3. The maximum Gasteiger partial charge on any atom is 0.251 e. The van der Waals surface area contributed by atoms with Crippen LogP contribution in [-0.2, 0) is 16.1 Å². The summed E-state index contributed by atoms with van der Waals surface area (Å²) < 4.78 is 5.34. The van der Waals surface area contributed by atoms with Gasteiger partial charge in [-0.2, -0.15) is 0 Å². The molecule has 0 spiro atoms. The first kappa shape index (κ1) is 22.1. The van der Waals surface area contributed by atoms with E-state index < -0.39 is 0 Å². The summed E-state index contributed by atoms with van der Waals surface area (Å²) in [4.78, 5) is 29.1. The van der Waals surface area contributed by atoms with Gasteiger partial charge in [0.1, 0.15) is 5.37 Å². The Kier molecular flexibility index (Phi) is 7.50. The second kappa shape index (κ2) is 10.5. The lowest BCUT2D eigenvalue weighted by Crippen LogP contribution is -2.41. The molecule has 2 aliphatic heterocycles. The summed E-state index contributed by atoms with van der Waals surface area (Å²) in [7, 11) is 0. The molecule has 2 aromatic rings. The smallest absolute Gasteiger partial charge is 0.251 e. The molecule has 0 aliphatic carbocycles. The van der Waals surface area contributed by atoms with Gasteiger partial charge < -0.3 is 15.0 Å². The van der Waals surface area contributed by atoms with E-state index in [1.165, 1.54) is 0 Å². The van der Waals surface area contributed by atoms with Gasteiger partial charge in [0.15, 0.2) is 0 Å². The summed E-state index contributed by atoms with van der Waals surface area (Å²) in [6.45, 7) is 5.32. The number of hydrogen-bond donors (Lipinski definition) is 1. The third-order valence-corrected chi connectivity index (χ3v) is 7.02. The van der Waals surface area contributed by atoms with Gasteiger partial charge in [0.2, 0.25) is 5.91 Å². The van der Waals surface area contributed by atoms with E-state index in [4.69, 9.17) is 16.3 Å². The van der Waals surface area contributed by atoms with Gasteiger partial charge in [0.25, 0.3) is 5.91 Å². The Bertz CT molecular complexity index is 901. The number of rotatable bonds is 7. The molecule has 2 fully saturated rings. The molecule has 8 heteroatoms. The Morgan fingerprint density at radius 2 is 1.81 bits per heavy atom. The molecule has 0 saturated carbocycles. The first-order chi connectivity index (χ1) is 15.1. The summed E-state index contributed by atoms with van der Waals surface area (Å²) in [6, 6.07) is 15.1. The van der Waals surface area contributed by atoms with E-state index in [9.17, 15) is 9.59 Å². The summed E-state index contributed by atoms with van der Waals surface area (Å²) in [5.74, 6) is 0.505. The minimum Gasteiger partial charge on any atom is -0.379 e. The Balaban J connectivity index is 1.34. The van der Waals surface area contributed by atoms with Crippen molar-refractivity contribution in [3.63, 3.8) is 0 Å². The molecule has 2 aromatic carbocycles. The predicted octanol–water partition coefficient (Wildman–Crippen LogP) is 3.18. The number of carbonyl (C=O) groups is 2. The van der Waals surface area contributed by atoms with E-state index in [2.05, 4.69) is 10.2 Å². The van der Waals surface area contributed by atoms with Crippen molar-refractivity contribution in [2.45, 2.75) is 11.9 Å². The van der Waals surface area contributed by atoms with Gasteiger partial charge in [0, 0.05) is 43.3 Å². The molecule has 1 atom stereocenters. The van der Waals surface area contributed by atoms with E-state index in [1.807, 2.05) is 53.4 Å². The number of carbonyl (C=O) groups excluding carboxylic acids is 2. The van der Waals surface area contributed by atoms with Crippen LogP contribution in [0.3, 0.4) is 0 Å². The van der Waals surface area contributed by atoms with Crippen molar-refractivity contribution in [2.75, 3.05) is 45.1 Å². The lowest BCUT2D eigenvalue weighted by molar-refractivity contribution is -0.128. The molecule has 2 saturated heterocycles. The van der Waals surface area contributed by atoms with Crippen molar-refractivity contribution in [3.8, 4) is 0 Å². The lowest BCUT2D eigenvalue weighted by atomic mass is 10.1. The quantitative estimate of drug-likeness (QED) is 0.689. The Hall–Kier alpha value is -2.06. The molecule has 0 bridgehead atoms. The Morgan fingerprint density at radius 1 is 1.10 bits per heavy atom. The van der Waals surface area contributed by atoms with E-state index in [1.54, 1.807) is 11.8 Å². The SMILES string of the molecule is O=C(NCCN1CCOCC1)c1ccc([C@H]2SCC(=O)N2Cc2ccc(Cl)cc2)cc1. The van der Waals surface area contributed by atoms with Gasteiger partial charge in [0.05, 0.1) is 19.0 Å². The normalized spacial score (nSPS) is 19.6. The molecular formula is C23H26ClN3O3S. The average Bonchev–Trinajstić information content (AvgIpc) is 3.16. The van der Waals surface area contributed by atoms with Crippen molar-refractivity contribution in [1.82, 2.24) is 15.1 Å². The van der Waals surface area contributed by atoms with Gasteiger partial charge >= 0.3 is 0 Å². The Labute approximate surface area is 191 Å². The molecule has 2 heterocycles. The third kappa shape index (κ3) is 5.80. The fraction of sp³-hybridized carbons (Fsp3) is 0.391. The predicted molar refractivity (Wildman–Crippen MR) is 123 cm³/mol. The highest BCUT2D eigenvalue weighted by molar-refractivity contribution is 8.00. The minimum absolute atomic E-state index is 0.0541. The number of thioether (sulfide) groups is 1. The third-order valence-electron chi connectivity index (χ3n) is 5.51. The minimum atomic E-state index is -0.0759. The van der Waals surface area contributed by atoms with Crippen molar-refractivity contribution >= 4 is 35.2 Å². The van der Waals surface area contributed by atoms with Crippen LogP contribution in [0.4, 0.5) is 0 Å². The summed E-state index contributed by atoms with van der Waals surface area (Å²) >= 11 is 7.58. The van der Waals surface area contributed by atoms with Gasteiger partial charge in [-0.05, 0) is 35.4 Å². The number of benzene rings is 2. The largest absolute Gasteiger partial charge is 0.379 e. The first-order valence-corrected chi connectivity index (χ1v) is 11.9. The number of ether oxygens (including phenoxy) is 1. The Morgan fingerprint density at radius 3 is 2.52 bits per heavy atom. The van der Waals surface area contributed by atoms with Gasteiger partial charge in [-0.25, -0.2) is 0 Å². The fourth-order valence-corrected chi connectivity index (χ4v) is 5.06. The molecule has 1 N–H and O–H groups in total. The van der Waals surface area contributed by atoms with Crippen LogP contribution in [-0.4, -0.2) is 66.8 Å². The van der Waals surface area contributed by atoms with E-state index in [0.29, 0.717) is 29.4 Å². The van der Waals surface area contributed by atoms with Crippen LogP contribution in [0.2, 0.25) is 5.02 Å². The topological polar surface area (TPSA) is 61.9 Å². The van der Waals surface area contributed by atoms with E-state index >= 15 is 0 Å². The van der Waals surface area contributed by atoms with Crippen LogP contribution in [0, 0.1) is 0 Å². The maximum atomic E-state index is 12.5. The number of nitrogens with zero attached hydrogens (tertiary/aromatic N) is 2. The zero-order valence-corrected chi connectivity index (χ0v) is 18.8. The molecule has 0 aromatic heterocycles. The van der Waals surface area contributed by atoms with Crippen molar-refractivity contribution < 1.29 is 14.3 Å². The summed E-state index contributed by atoms with van der Waals surface area (Å²) in [5.41, 5.74) is 2.69. The number of halogens is 1. The van der Waals surface area contributed by atoms with Crippen LogP contribution in [0.15, 0.2) is 48.5 Å². The number of hydrogen-bond acceptors (Lipinski definition) is 5. The molecule has 0 unspecified atom stereocenters. The highest BCUT2D eigenvalue weighted by Crippen LogP contribution is 2.39. The van der Waals surface area contributed by atoms with Gasteiger partial charge in [-0.15, -0.1) is 11.8 Å². The number of morpholine rings is 1. The molecule has 2 amide bonds. The standard InChI is InChI=1S/C23H26ClN3O3S/c24-20-7-1-17(2-8-20)15-27-21(28)16-31-23(27)19-5-3-18(4-6-19)22(29)25-9-10-26-11-13-30-14-12-26/h1-8,23H,9-16H2,(H,25,29)/t23-/m1/s1. The van der Waals surface area contributed by atoms with Gasteiger partial charge in [-0.1, -0.05) is 35.9 Å². The van der Waals surface area contributed by atoms with E-state index in [-0.39, 0.29) is 17.2 Å². The molecule has 0 radical (unpaired) electrons. The molecule has 164 valence electrons. The second-order valence-electron chi connectivity index (χ2n) is 7.64. The number of amides is 2. The van der Waals surface area contributed by atoms with E-state index in [0.717, 1.165) is 44.0 Å². The second-order valence-corrected chi connectivity index (χ2v) is 9.15. The van der Waals surface area contributed by atoms with Gasteiger partial charge in [-0.3, -0.25) is 14.5 Å². The van der Waals surface area contributed by atoms with Crippen molar-refractivity contribution in [1.29, 1.82) is 0 Å². The van der Waals surface area contributed by atoms with Crippen LogP contribution in [0.25, 0.3) is 0 Å². The summed E-state index contributed by atoms with van der Waals surface area (Å²) in [6.07, 6.45) is 0. The molecule has 2 aliphatic rings.